The maximum atomic E-state index is 12.3. The molecular weight excluding hydrogens is 364 g/mol. The van der Waals surface area contributed by atoms with Gasteiger partial charge in [-0.05, 0) is 38.8 Å². The van der Waals surface area contributed by atoms with Crippen LogP contribution in [0.3, 0.4) is 0 Å². The van der Waals surface area contributed by atoms with Crippen LogP contribution in [-0.2, 0) is 9.53 Å². The van der Waals surface area contributed by atoms with Gasteiger partial charge in [0.1, 0.15) is 11.6 Å². The second-order valence-corrected chi connectivity index (χ2v) is 6.20. The summed E-state index contributed by atoms with van der Waals surface area (Å²) in [5.41, 5.74) is 6.24. The zero-order chi connectivity index (χ0) is 20.4. The van der Waals surface area contributed by atoms with Crippen molar-refractivity contribution in [2.24, 2.45) is 10.7 Å². The van der Waals surface area contributed by atoms with Gasteiger partial charge >= 0.3 is 6.09 Å². The smallest absolute Gasteiger partial charge is 0.408 e. The Labute approximate surface area is 153 Å². The summed E-state index contributed by atoms with van der Waals surface area (Å²) in [6.07, 6.45) is -0.341. The number of carbonyl (C=O) groups is 2. The molecule has 0 aromatic carbocycles. The van der Waals surface area contributed by atoms with Gasteiger partial charge in [-0.15, -0.1) is 5.10 Å². The molecule has 0 aliphatic rings. The van der Waals surface area contributed by atoms with Crippen molar-refractivity contribution in [3.8, 4) is 0 Å². The highest BCUT2D eigenvalue weighted by atomic mass is 16.7. The van der Waals surface area contributed by atoms with E-state index in [9.17, 15) is 19.7 Å². The van der Waals surface area contributed by atoms with Crippen molar-refractivity contribution >= 4 is 23.9 Å². The number of anilines is 1. The Bertz CT molecular complexity index is 669. The van der Waals surface area contributed by atoms with Gasteiger partial charge in [-0.1, -0.05) is 10.5 Å². The van der Waals surface area contributed by atoms with E-state index in [4.69, 9.17) is 10.5 Å². The number of H-pyrrole nitrogens is 1. The summed E-state index contributed by atoms with van der Waals surface area (Å²) < 4.78 is 5.13. The lowest BCUT2D eigenvalue weighted by Gasteiger charge is -2.23. The summed E-state index contributed by atoms with van der Waals surface area (Å²) in [6, 6.07) is -0.988. The number of aliphatic imine (C=N–C) groups is 1. The molecule has 1 atom stereocenters. The van der Waals surface area contributed by atoms with E-state index >= 15 is 0 Å². The highest BCUT2D eigenvalue weighted by Gasteiger charge is 2.25. The number of hydrogen-bond acceptors (Lipinski definition) is 9. The minimum atomic E-state index is -0.988. The van der Waals surface area contributed by atoms with Crippen LogP contribution < -0.4 is 21.8 Å². The van der Waals surface area contributed by atoms with E-state index in [0.29, 0.717) is 6.42 Å². The summed E-state index contributed by atoms with van der Waals surface area (Å²) in [6.45, 7) is 5.14. The number of rotatable bonds is 8. The highest BCUT2D eigenvalue weighted by Crippen LogP contribution is 2.08. The van der Waals surface area contributed by atoms with Crippen molar-refractivity contribution in [2.45, 2.75) is 45.3 Å². The zero-order valence-electron chi connectivity index (χ0n) is 15.1. The quantitative estimate of drug-likeness (QED) is 0.119. The molecule has 6 N–H and O–H groups in total. The molecule has 0 spiro atoms. The average Bonchev–Trinajstić information content (AvgIpc) is 3.00. The van der Waals surface area contributed by atoms with E-state index in [2.05, 4.69) is 36.3 Å². The molecule has 15 nitrogen and oxygen atoms in total. The Hall–Kier alpha value is -3.52. The largest absolute Gasteiger partial charge is 0.444 e. The summed E-state index contributed by atoms with van der Waals surface area (Å²) in [4.78, 5) is 38.2. The number of aromatic amines is 1. The fourth-order valence-corrected chi connectivity index (χ4v) is 1.75. The van der Waals surface area contributed by atoms with Crippen LogP contribution in [0.4, 0.5) is 10.7 Å². The topological polar surface area (TPSA) is 215 Å². The van der Waals surface area contributed by atoms with E-state index in [-0.39, 0.29) is 24.9 Å². The van der Waals surface area contributed by atoms with Crippen molar-refractivity contribution in [1.29, 1.82) is 0 Å². The lowest BCUT2D eigenvalue weighted by Crippen LogP contribution is -2.46. The van der Waals surface area contributed by atoms with Crippen molar-refractivity contribution in [2.75, 3.05) is 11.9 Å². The summed E-state index contributed by atoms with van der Waals surface area (Å²) in [5, 5.41) is 26.9. The fraction of sp³-hybridized carbons (Fsp3) is 0.667. The summed E-state index contributed by atoms with van der Waals surface area (Å²) in [7, 11) is 0. The molecule has 0 aliphatic heterocycles. The van der Waals surface area contributed by atoms with Gasteiger partial charge in [0.05, 0.1) is 0 Å². The Kier molecular flexibility index (Phi) is 7.84. The van der Waals surface area contributed by atoms with Crippen molar-refractivity contribution < 1.29 is 19.4 Å². The third-order valence-electron chi connectivity index (χ3n) is 2.73. The van der Waals surface area contributed by atoms with Crippen molar-refractivity contribution in [3.05, 3.63) is 10.1 Å². The molecule has 0 saturated carbocycles. The van der Waals surface area contributed by atoms with Gasteiger partial charge in [0.25, 0.3) is 11.9 Å². The van der Waals surface area contributed by atoms with Crippen LogP contribution >= 0.6 is 0 Å². The highest BCUT2D eigenvalue weighted by molar-refractivity contribution is 5.95. The number of nitrogens with one attached hydrogen (secondary N) is 4. The zero-order valence-corrected chi connectivity index (χ0v) is 15.1. The Balaban J connectivity index is 2.65. The van der Waals surface area contributed by atoms with Gasteiger partial charge in [0.2, 0.25) is 5.91 Å². The third kappa shape index (κ3) is 9.51. The third-order valence-corrected chi connectivity index (χ3v) is 2.73. The van der Waals surface area contributed by atoms with Gasteiger partial charge < -0.3 is 15.8 Å². The number of aromatic nitrogens is 4. The minimum Gasteiger partial charge on any atom is -0.444 e. The van der Waals surface area contributed by atoms with Gasteiger partial charge in [-0.2, -0.15) is 5.21 Å². The van der Waals surface area contributed by atoms with E-state index in [1.165, 1.54) is 0 Å². The Morgan fingerprint density at radius 1 is 1.44 bits per heavy atom. The van der Waals surface area contributed by atoms with Gasteiger partial charge in [-0.3, -0.25) is 10.1 Å². The lowest BCUT2D eigenvalue weighted by molar-refractivity contribution is -0.525. The molecule has 1 aromatic heterocycles. The van der Waals surface area contributed by atoms with Crippen LogP contribution in [0.15, 0.2) is 4.99 Å². The fourth-order valence-electron chi connectivity index (χ4n) is 1.75. The van der Waals surface area contributed by atoms with Gasteiger partial charge in [0.15, 0.2) is 5.03 Å². The normalized spacial score (nSPS) is 12.8. The van der Waals surface area contributed by atoms with E-state index in [1.807, 2.05) is 0 Å². The predicted molar refractivity (Wildman–Crippen MR) is 91.8 cm³/mol. The molecule has 0 aliphatic carbocycles. The van der Waals surface area contributed by atoms with Crippen LogP contribution in [0.25, 0.3) is 0 Å². The molecule has 0 saturated heterocycles. The van der Waals surface area contributed by atoms with Crippen LogP contribution in [0, 0.1) is 10.1 Å². The molecule has 15 heteroatoms. The first-order valence-corrected chi connectivity index (χ1v) is 7.81. The first kappa shape index (κ1) is 21.5. The first-order valence-electron chi connectivity index (χ1n) is 7.81. The number of alkyl carbamates (subject to hydrolysis) is 1. The second kappa shape index (κ2) is 9.83. The monoisotopic (exact) mass is 386 g/mol. The maximum Gasteiger partial charge on any atom is 0.408 e. The maximum absolute atomic E-state index is 12.3. The van der Waals surface area contributed by atoms with E-state index in [1.54, 1.807) is 26.2 Å². The van der Waals surface area contributed by atoms with E-state index < -0.39 is 28.7 Å². The molecule has 1 heterocycles. The van der Waals surface area contributed by atoms with Crippen molar-refractivity contribution in [3.63, 3.8) is 0 Å². The van der Waals surface area contributed by atoms with Crippen LogP contribution in [0.2, 0.25) is 0 Å². The number of carbonyl (C=O) groups excluding carboxylic acids is 2. The van der Waals surface area contributed by atoms with Crippen LogP contribution in [-0.4, -0.2) is 61.8 Å². The molecule has 27 heavy (non-hydrogen) atoms. The average molecular weight is 386 g/mol. The summed E-state index contributed by atoms with van der Waals surface area (Å²) in [5.74, 6) is -1.02. The Morgan fingerprint density at radius 3 is 2.70 bits per heavy atom. The molecule has 0 bridgehead atoms. The number of guanidine groups is 1. The number of hydrazine groups is 1. The summed E-state index contributed by atoms with van der Waals surface area (Å²) >= 11 is 0. The van der Waals surface area contributed by atoms with Crippen molar-refractivity contribution in [1.82, 2.24) is 31.4 Å². The number of amides is 2. The number of nitro groups is 1. The SMILES string of the molecule is CC(C)(C)OC(=O)NC(CCCN=C(N)N[N+](=O)[O-])C(=O)Nc1nn[nH]n1. The van der Waals surface area contributed by atoms with Gasteiger partial charge in [-0.25, -0.2) is 19.9 Å². The van der Waals surface area contributed by atoms with Crippen LogP contribution in [0.1, 0.15) is 33.6 Å². The molecule has 0 radical (unpaired) electrons. The second-order valence-electron chi connectivity index (χ2n) is 6.20. The molecular formula is C12H22N10O5. The molecule has 1 unspecified atom stereocenters. The number of hydrogen-bond donors (Lipinski definition) is 5. The lowest BCUT2D eigenvalue weighted by atomic mass is 10.1. The number of nitrogens with two attached hydrogens (primary N) is 1. The molecule has 2 amide bonds. The minimum absolute atomic E-state index is 0.0616. The number of tetrazole rings is 1. The molecule has 0 fully saturated rings. The molecule has 1 rings (SSSR count). The van der Waals surface area contributed by atoms with Crippen LogP contribution in [0.5, 0.6) is 0 Å². The Morgan fingerprint density at radius 2 is 2.15 bits per heavy atom. The van der Waals surface area contributed by atoms with Gasteiger partial charge in [0, 0.05) is 6.54 Å². The number of ether oxygens (including phenoxy) is 1. The molecule has 150 valence electrons. The first-order chi connectivity index (χ1) is 12.6. The number of nitrogens with zero attached hydrogens (tertiary/aromatic N) is 5. The molecule has 1 aromatic rings. The predicted octanol–water partition coefficient (Wildman–Crippen LogP) is -1.09. The standard InChI is InChI=1S/C12H22N10O5/c1-12(2,3)27-11(24)15-7(8(23)16-10-17-20-21-18-10)5-4-6-14-9(13)19-22(25)26/h7H,4-6H2,1-3H3,(H,15,24)(H3,13,14,19)(H2,16,17,18,20,21,23). The van der Waals surface area contributed by atoms with E-state index in [0.717, 1.165) is 0 Å².